The second-order valence-corrected chi connectivity index (χ2v) is 10.4. The molecule has 0 aliphatic heterocycles. The van der Waals surface area contributed by atoms with E-state index in [1.54, 1.807) is 48.5 Å². The normalized spacial score (nSPS) is 10.4. The molecule has 0 saturated heterocycles. The Hall–Kier alpha value is -5.41. The fraction of sp³-hybridized carbons (Fsp3) is 0.282. The van der Waals surface area contributed by atoms with Gasteiger partial charge in [-0.2, -0.15) is 13.2 Å². The molecule has 0 atom stereocenters. The average molecular weight is 659 g/mol. The Kier molecular flexibility index (Phi) is 15.4. The first-order chi connectivity index (χ1) is 23.2. The third kappa shape index (κ3) is 13.9. The van der Waals surface area contributed by atoms with E-state index in [9.17, 15) is 22.8 Å². The molecule has 48 heavy (non-hydrogen) atoms. The van der Waals surface area contributed by atoms with Crippen molar-refractivity contribution < 1.29 is 41.7 Å². The highest BCUT2D eigenvalue weighted by Gasteiger charge is 2.33. The Morgan fingerprint density at radius 1 is 0.583 bits per heavy atom. The van der Waals surface area contributed by atoms with Gasteiger partial charge >= 0.3 is 18.1 Å². The van der Waals surface area contributed by atoms with Crippen molar-refractivity contribution in [1.29, 1.82) is 0 Å². The minimum atomic E-state index is -4.61. The van der Waals surface area contributed by atoms with Gasteiger partial charge in [-0.25, -0.2) is 9.59 Å². The summed E-state index contributed by atoms with van der Waals surface area (Å²) in [5, 5.41) is 0. The van der Waals surface area contributed by atoms with Crippen LogP contribution in [0.5, 0.6) is 11.5 Å². The van der Waals surface area contributed by atoms with Gasteiger partial charge in [-0.3, -0.25) is 0 Å². The molecule has 0 unspecified atom stereocenters. The summed E-state index contributed by atoms with van der Waals surface area (Å²) in [5.41, 5.74) is 0.381. The number of unbranched alkanes of at least 4 members (excludes halogenated alkanes) is 4. The summed E-state index contributed by atoms with van der Waals surface area (Å²) in [6.07, 6.45) is 2.32. The quantitative estimate of drug-likeness (QED) is 0.0671. The summed E-state index contributed by atoms with van der Waals surface area (Å²) in [5.74, 6) is 11.5. The zero-order valence-electron chi connectivity index (χ0n) is 26.6. The Morgan fingerprint density at radius 2 is 1.00 bits per heavy atom. The fourth-order valence-electron chi connectivity index (χ4n) is 4.12. The molecule has 0 spiro atoms. The molecule has 3 aromatic carbocycles. The summed E-state index contributed by atoms with van der Waals surface area (Å²) < 4.78 is 63.0. The topological polar surface area (TPSA) is 71.1 Å². The van der Waals surface area contributed by atoms with E-state index in [-0.39, 0.29) is 11.1 Å². The van der Waals surface area contributed by atoms with Crippen LogP contribution in [-0.2, 0) is 25.2 Å². The molecule has 0 heterocycles. The van der Waals surface area contributed by atoms with Crippen LogP contribution < -0.4 is 9.47 Å². The number of hydrogen-bond acceptors (Lipinski definition) is 6. The SMILES string of the molecule is C=CC(=O)OCCCCCOc1ccc(C#Cc2ccc(C#Cc3ccc(OCCCCCOC(=O)C=C)cc3)c(C(F)(F)F)c2)cc1. The zero-order valence-corrected chi connectivity index (χ0v) is 26.6. The zero-order chi connectivity index (χ0) is 34.6. The second kappa shape index (κ2) is 20.0. The van der Waals surface area contributed by atoms with Gasteiger partial charge in [0.25, 0.3) is 0 Å². The van der Waals surface area contributed by atoms with E-state index in [0.29, 0.717) is 49.1 Å². The molecule has 0 fully saturated rings. The summed E-state index contributed by atoms with van der Waals surface area (Å²) in [4.78, 5) is 22.0. The van der Waals surface area contributed by atoms with Crippen LogP contribution in [0.4, 0.5) is 13.2 Å². The lowest BCUT2D eigenvalue weighted by atomic mass is 10.0. The van der Waals surface area contributed by atoms with E-state index in [1.807, 2.05) is 0 Å². The molecule has 3 rings (SSSR count). The number of hydrogen-bond donors (Lipinski definition) is 0. The van der Waals surface area contributed by atoms with Crippen molar-refractivity contribution in [2.45, 2.75) is 44.7 Å². The molecule has 0 saturated carbocycles. The van der Waals surface area contributed by atoms with Gasteiger partial charge in [0.2, 0.25) is 0 Å². The molecule has 0 aliphatic rings. The molecule has 0 N–H and O–H groups in total. The van der Waals surface area contributed by atoms with E-state index < -0.39 is 23.7 Å². The van der Waals surface area contributed by atoms with Gasteiger partial charge in [0.15, 0.2) is 0 Å². The van der Waals surface area contributed by atoms with Crippen LogP contribution in [0.1, 0.15) is 66.3 Å². The number of ether oxygens (including phenoxy) is 4. The van der Waals surface area contributed by atoms with Crippen LogP contribution in [0.2, 0.25) is 0 Å². The highest BCUT2D eigenvalue weighted by molar-refractivity contribution is 5.81. The van der Waals surface area contributed by atoms with E-state index in [2.05, 4.69) is 36.8 Å². The van der Waals surface area contributed by atoms with Crippen molar-refractivity contribution in [3.8, 4) is 35.2 Å². The smallest absolute Gasteiger partial charge is 0.417 e. The van der Waals surface area contributed by atoms with Crippen LogP contribution in [0.15, 0.2) is 92.0 Å². The van der Waals surface area contributed by atoms with Crippen LogP contribution in [0.25, 0.3) is 0 Å². The maximum Gasteiger partial charge on any atom is 0.417 e. The van der Waals surface area contributed by atoms with Crippen molar-refractivity contribution in [3.05, 3.63) is 120 Å². The lowest BCUT2D eigenvalue weighted by Crippen LogP contribution is -2.08. The Morgan fingerprint density at radius 3 is 1.46 bits per heavy atom. The van der Waals surface area contributed by atoms with Gasteiger partial charge in [-0.1, -0.05) is 36.8 Å². The molecule has 6 nitrogen and oxygen atoms in total. The summed E-state index contributed by atoms with van der Waals surface area (Å²) in [6.45, 7) is 8.33. The lowest BCUT2D eigenvalue weighted by molar-refractivity contribution is -0.138. The highest BCUT2D eigenvalue weighted by atomic mass is 19.4. The third-order valence-corrected chi connectivity index (χ3v) is 6.66. The molecular weight excluding hydrogens is 621 g/mol. The third-order valence-electron chi connectivity index (χ3n) is 6.66. The Bertz CT molecular complexity index is 1640. The summed E-state index contributed by atoms with van der Waals surface area (Å²) in [6, 6.07) is 17.6. The van der Waals surface area contributed by atoms with Crippen molar-refractivity contribution in [3.63, 3.8) is 0 Å². The molecule has 0 bridgehead atoms. The van der Waals surface area contributed by atoms with Crippen LogP contribution >= 0.6 is 0 Å². The largest absolute Gasteiger partial charge is 0.494 e. The molecule has 0 aromatic heterocycles. The van der Waals surface area contributed by atoms with Crippen molar-refractivity contribution >= 4 is 11.9 Å². The number of carbonyl (C=O) groups is 2. The van der Waals surface area contributed by atoms with Crippen molar-refractivity contribution in [2.24, 2.45) is 0 Å². The van der Waals surface area contributed by atoms with Crippen molar-refractivity contribution in [1.82, 2.24) is 0 Å². The van der Waals surface area contributed by atoms with Gasteiger partial charge < -0.3 is 18.9 Å². The summed E-state index contributed by atoms with van der Waals surface area (Å²) in [7, 11) is 0. The number of esters is 2. The van der Waals surface area contributed by atoms with Crippen LogP contribution in [-0.4, -0.2) is 38.4 Å². The summed E-state index contributed by atoms with van der Waals surface area (Å²) >= 11 is 0. The minimum Gasteiger partial charge on any atom is -0.494 e. The molecule has 0 aliphatic carbocycles. The predicted octanol–water partition coefficient (Wildman–Crippen LogP) is 8.06. The number of benzene rings is 3. The van der Waals surface area contributed by atoms with Gasteiger partial charge in [0.05, 0.1) is 32.0 Å². The molecular formula is C39H37F3O6. The van der Waals surface area contributed by atoms with Crippen molar-refractivity contribution in [2.75, 3.05) is 26.4 Å². The van der Waals surface area contributed by atoms with E-state index >= 15 is 0 Å². The van der Waals surface area contributed by atoms with Gasteiger partial charge in [-0.15, -0.1) is 0 Å². The van der Waals surface area contributed by atoms with Crippen LogP contribution in [0, 0.1) is 23.7 Å². The minimum absolute atomic E-state index is 0.147. The lowest BCUT2D eigenvalue weighted by Gasteiger charge is -2.09. The molecule has 250 valence electrons. The Balaban J connectivity index is 1.51. The number of halogens is 3. The van der Waals surface area contributed by atoms with E-state index in [1.165, 1.54) is 12.1 Å². The van der Waals surface area contributed by atoms with Gasteiger partial charge in [0, 0.05) is 34.4 Å². The second-order valence-electron chi connectivity index (χ2n) is 10.4. The highest BCUT2D eigenvalue weighted by Crippen LogP contribution is 2.32. The Labute approximate surface area is 279 Å². The number of alkyl halides is 3. The van der Waals surface area contributed by atoms with Crippen LogP contribution in [0.3, 0.4) is 0 Å². The first-order valence-corrected chi connectivity index (χ1v) is 15.5. The maximum atomic E-state index is 13.9. The maximum absolute atomic E-state index is 13.9. The first-order valence-electron chi connectivity index (χ1n) is 15.5. The fourth-order valence-corrected chi connectivity index (χ4v) is 4.12. The van der Waals surface area contributed by atoms with E-state index in [4.69, 9.17) is 18.9 Å². The van der Waals surface area contributed by atoms with E-state index in [0.717, 1.165) is 56.7 Å². The monoisotopic (exact) mass is 658 g/mol. The molecule has 0 radical (unpaired) electrons. The first kappa shape index (κ1) is 37.1. The number of carbonyl (C=O) groups excluding carboxylic acids is 2. The average Bonchev–Trinajstić information content (AvgIpc) is 3.09. The standard InChI is InChI=1S/C39H37F3O6/c1-3-37(43)47-27-9-5-7-25-45-34-21-15-30(16-22-34)11-12-32-14-20-33(36(29-32)39(40,41)42)19-13-31-17-23-35(24-18-31)46-26-8-6-10-28-48-38(44)4-2/h3-4,14-18,20-24,29H,1-2,5-10,25-28H2. The van der Waals surface area contributed by atoms with Gasteiger partial charge in [-0.05, 0) is 105 Å². The van der Waals surface area contributed by atoms with Gasteiger partial charge in [0.1, 0.15) is 11.5 Å². The predicted molar refractivity (Wildman–Crippen MR) is 177 cm³/mol. The number of rotatable bonds is 16. The molecule has 0 amide bonds. The molecule has 9 heteroatoms. The molecule has 3 aromatic rings.